The van der Waals surface area contributed by atoms with Gasteiger partial charge in [-0.3, -0.25) is 0 Å². The Balaban J connectivity index is 0.00000169. The van der Waals surface area contributed by atoms with Crippen molar-refractivity contribution in [2.24, 2.45) is 0 Å². The molecule has 0 aliphatic rings. The second kappa shape index (κ2) is 5.92. The molecule has 0 radical (unpaired) electrons. The van der Waals surface area contributed by atoms with Crippen molar-refractivity contribution < 1.29 is 0 Å². The van der Waals surface area contributed by atoms with Crippen LogP contribution in [0.2, 0.25) is 0 Å². The van der Waals surface area contributed by atoms with Crippen LogP contribution in [-0.4, -0.2) is 13.1 Å². The second-order valence-electron chi connectivity index (χ2n) is 3.39. The molecule has 0 bridgehead atoms. The van der Waals surface area contributed by atoms with Crippen molar-refractivity contribution in [3.8, 4) is 0 Å². The Morgan fingerprint density at radius 3 is 2.14 bits per heavy atom. The summed E-state index contributed by atoms with van der Waals surface area (Å²) in [7, 11) is 0. The molecule has 0 fully saturated rings. The van der Waals surface area contributed by atoms with Crippen molar-refractivity contribution in [1.29, 1.82) is 0 Å². The molecule has 0 amide bonds. The van der Waals surface area contributed by atoms with Gasteiger partial charge < -0.3 is 4.90 Å². The number of hydrogen-bond acceptors (Lipinski definition) is 1. The molecule has 1 nitrogen and oxygen atoms in total. The molecule has 1 aromatic carbocycles. The highest BCUT2D eigenvalue weighted by Crippen LogP contribution is 2.21. The van der Waals surface area contributed by atoms with Gasteiger partial charge in [0.15, 0.2) is 0 Å². The van der Waals surface area contributed by atoms with Crippen LogP contribution in [0.3, 0.4) is 0 Å². The first-order chi connectivity index (χ1) is 6.20. The summed E-state index contributed by atoms with van der Waals surface area (Å²) in [6, 6.07) is 6.51. The molecule has 80 valence electrons. The lowest BCUT2D eigenvalue weighted by Crippen LogP contribution is -2.22. The molecule has 0 saturated heterocycles. The zero-order valence-electron chi connectivity index (χ0n) is 9.50. The van der Waals surface area contributed by atoms with Gasteiger partial charge in [0, 0.05) is 18.8 Å². The first kappa shape index (κ1) is 13.3. The molecule has 0 atom stereocenters. The summed E-state index contributed by atoms with van der Waals surface area (Å²) in [5.74, 6) is 0. The van der Waals surface area contributed by atoms with Gasteiger partial charge in [0.05, 0.1) is 0 Å². The van der Waals surface area contributed by atoms with Gasteiger partial charge in [-0.1, -0.05) is 12.1 Å². The molecule has 1 rings (SSSR count). The van der Waals surface area contributed by atoms with Gasteiger partial charge >= 0.3 is 0 Å². The Labute approximate surface area is 93.5 Å². The van der Waals surface area contributed by atoms with E-state index in [9.17, 15) is 0 Å². The Morgan fingerprint density at radius 1 is 1.07 bits per heavy atom. The summed E-state index contributed by atoms with van der Waals surface area (Å²) in [6.45, 7) is 10.9. The number of nitrogens with zero attached hydrogens (tertiary/aromatic N) is 1. The summed E-state index contributed by atoms with van der Waals surface area (Å²) in [5.41, 5.74) is 4.17. The lowest BCUT2D eigenvalue weighted by atomic mass is 10.1. The predicted octanol–water partition coefficient (Wildman–Crippen LogP) is 3.57. The fourth-order valence-corrected chi connectivity index (χ4v) is 1.64. The largest absolute Gasteiger partial charge is 0.372 e. The normalized spacial score (nSPS) is 9.43. The number of hydrogen-bond donors (Lipinski definition) is 0. The van der Waals surface area contributed by atoms with E-state index in [-0.39, 0.29) is 12.4 Å². The van der Waals surface area contributed by atoms with Crippen molar-refractivity contribution >= 4 is 18.1 Å². The second-order valence-corrected chi connectivity index (χ2v) is 3.39. The van der Waals surface area contributed by atoms with Crippen LogP contribution in [0.25, 0.3) is 0 Å². The number of benzene rings is 1. The zero-order valence-corrected chi connectivity index (χ0v) is 10.3. The highest BCUT2D eigenvalue weighted by atomic mass is 35.5. The van der Waals surface area contributed by atoms with E-state index < -0.39 is 0 Å². The van der Waals surface area contributed by atoms with E-state index in [1.54, 1.807) is 0 Å². The Morgan fingerprint density at radius 2 is 1.64 bits per heavy atom. The minimum atomic E-state index is 0. The Hall–Kier alpha value is -0.690. The van der Waals surface area contributed by atoms with Crippen molar-refractivity contribution in [1.82, 2.24) is 0 Å². The number of aryl methyl sites for hydroxylation is 1. The molecular formula is C12H20ClN. The lowest BCUT2D eigenvalue weighted by molar-refractivity contribution is 0.860. The monoisotopic (exact) mass is 213 g/mol. The molecule has 2 heteroatoms. The van der Waals surface area contributed by atoms with Crippen molar-refractivity contribution in [3.63, 3.8) is 0 Å². The van der Waals surface area contributed by atoms with Crippen LogP contribution >= 0.6 is 12.4 Å². The first-order valence-corrected chi connectivity index (χ1v) is 5.01. The fourth-order valence-electron chi connectivity index (χ4n) is 1.64. The minimum absolute atomic E-state index is 0. The lowest BCUT2D eigenvalue weighted by Gasteiger charge is -2.23. The maximum atomic E-state index is 2.39. The van der Waals surface area contributed by atoms with Crippen molar-refractivity contribution in [2.45, 2.75) is 27.7 Å². The molecule has 1 aromatic rings. The van der Waals surface area contributed by atoms with Crippen LogP contribution in [0.5, 0.6) is 0 Å². The number of rotatable bonds is 3. The SMILES string of the molecule is CCN(CC)c1cccc(C)c1C.Cl. The molecule has 0 spiro atoms. The third-order valence-corrected chi connectivity index (χ3v) is 2.68. The molecule has 0 aliphatic carbocycles. The zero-order chi connectivity index (χ0) is 9.84. The van der Waals surface area contributed by atoms with Crippen molar-refractivity contribution in [2.75, 3.05) is 18.0 Å². The van der Waals surface area contributed by atoms with Crippen LogP contribution < -0.4 is 4.90 Å². The highest BCUT2D eigenvalue weighted by Gasteiger charge is 2.05. The van der Waals surface area contributed by atoms with E-state index in [1.165, 1.54) is 16.8 Å². The van der Waals surface area contributed by atoms with Gasteiger partial charge in [-0.05, 0) is 44.9 Å². The van der Waals surface area contributed by atoms with E-state index >= 15 is 0 Å². The highest BCUT2D eigenvalue weighted by molar-refractivity contribution is 5.85. The van der Waals surface area contributed by atoms with E-state index in [1.807, 2.05) is 0 Å². The Bertz CT molecular complexity index is 280. The average molecular weight is 214 g/mol. The molecule has 14 heavy (non-hydrogen) atoms. The van der Waals surface area contributed by atoms with Gasteiger partial charge in [0.1, 0.15) is 0 Å². The van der Waals surface area contributed by atoms with Gasteiger partial charge in [0.25, 0.3) is 0 Å². The van der Waals surface area contributed by atoms with Crippen LogP contribution in [0.4, 0.5) is 5.69 Å². The maximum absolute atomic E-state index is 2.39. The van der Waals surface area contributed by atoms with Crippen LogP contribution in [0, 0.1) is 13.8 Å². The third kappa shape index (κ3) is 2.65. The van der Waals surface area contributed by atoms with Gasteiger partial charge in [0.2, 0.25) is 0 Å². The van der Waals surface area contributed by atoms with E-state index in [4.69, 9.17) is 0 Å². The summed E-state index contributed by atoms with van der Waals surface area (Å²) in [4.78, 5) is 2.39. The van der Waals surface area contributed by atoms with Crippen LogP contribution in [0.15, 0.2) is 18.2 Å². The summed E-state index contributed by atoms with van der Waals surface area (Å²) in [5, 5.41) is 0. The maximum Gasteiger partial charge on any atom is 0.0398 e. The summed E-state index contributed by atoms with van der Waals surface area (Å²) < 4.78 is 0. The number of halogens is 1. The molecule has 0 unspecified atom stereocenters. The standard InChI is InChI=1S/C12H19N.ClH/c1-5-13(6-2)12-9-7-8-10(3)11(12)4;/h7-9H,5-6H2,1-4H3;1H. The van der Waals surface area contributed by atoms with Crippen LogP contribution in [0.1, 0.15) is 25.0 Å². The molecule has 0 heterocycles. The van der Waals surface area contributed by atoms with Crippen LogP contribution in [-0.2, 0) is 0 Å². The first-order valence-electron chi connectivity index (χ1n) is 5.01. The fraction of sp³-hybridized carbons (Fsp3) is 0.500. The minimum Gasteiger partial charge on any atom is -0.372 e. The van der Waals surface area contributed by atoms with E-state index in [0.717, 1.165) is 13.1 Å². The molecular weight excluding hydrogens is 194 g/mol. The van der Waals surface area contributed by atoms with Crippen molar-refractivity contribution in [3.05, 3.63) is 29.3 Å². The predicted molar refractivity (Wildman–Crippen MR) is 66.7 cm³/mol. The molecule has 0 saturated carbocycles. The smallest absolute Gasteiger partial charge is 0.0398 e. The van der Waals surface area contributed by atoms with Gasteiger partial charge in [-0.2, -0.15) is 0 Å². The molecule has 0 aliphatic heterocycles. The average Bonchev–Trinajstić information content (AvgIpc) is 2.14. The Kier molecular flexibility index (Phi) is 5.63. The van der Waals surface area contributed by atoms with Gasteiger partial charge in [-0.25, -0.2) is 0 Å². The third-order valence-electron chi connectivity index (χ3n) is 2.68. The molecule has 0 N–H and O–H groups in total. The molecule has 0 aromatic heterocycles. The topological polar surface area (TPSA) is 3.24 Å². The quantitative estimate of drug-likeness (QED) is 0.742. The van der Waals surface area contributed by atoms with E-state index in [2.05, 4.69) is 50.8 Å². The van der Waals surface area contributed by atoms with E-state index in [0.29, 0.717) is 0 Å². The summed E-state index contributed by atoms with van der Waals surface area (Å²) >= 11 is 0. The number of anilines is 1. The van der Waals surface area contributed by atoms with Gasteiger partial charge in [-0.15, -0.1) is 12.4 Å². The summed E-state index contributed by atoms with van der Waals surface area (Å²) in [6.07, 6.45) is 0.